The minimum Gasteiger partial charge on any atom is -0.497 e. The quantitative estimate of drug-likeness (QED) is 0.633. The summed E-state index contributed by atoms with van der Waals surface area (Å²) in [5, 5.41) is 6.58. The smallest absolute Gasteiger partial charge is 0.220 e. The zero-order chi connectivity index (χ0) is 21.6. The molecule has 160 valence electrons. The van der Waals surface area contributed by atoms with Crippen molar-refractivity contribution in [3.8, 4) is 5.75 Å². The standard InChI is InChI=1S/C23H26ClFN2O3/c1-30-19-7-4-17(20(25)14-19)15-23(12-9-22(29)27-23)11-8-21(28)26-13-10-16-2-5-18(24)6-3-16/h2-7,14H,8-13,15H2,1H3,(H,26,28)(H,27,29)/t23-/m1/s1. The van der Waals surface area contributed by atoms with Crippen LogP contribution in [0.25, 0.3) is 0 Å². The molecule has 0 saturated carbocycles. The molecule has 1 aliphatic heterocycles. The van der Waals surface area contributed by atoms with E-state index in [9.17, 15) is 14.0 Å². The summed E-state index contributed by atoms with van der Waals surface area (Å²) in [6, 6.07) is 12.2. The van der Waals surface area contributed by atoms with E-state index in [1.807, 2.05) is 24.3 Å². The van der Waals surface area contributed by atoms with Crippen molar-refractivity contribution in [3.63, 3.8) is 0 Å². The summed E-state index contributed by atoms with van der Waals surface area (Å²) in [6.45, 7) is 0.521. The van der Waals surface area contributed by atoms with Crippen LogP contribution in [0.2, 0.25) is 5.02 Å². The maximum Gasteiger partial charge on any atom is 0.220 e. The van der Waals surface area contributed by atoms with Gasteiger partial charge in [-0.05, 0) is 55.0 Å². The van der Waals surface area contributed by atoms with E-state index in [2.05, 4.69) is 10.6 Å². The molecule has 1 aliphatic rings. The van der Waals surface area contributed by atoms with Gasteiger partial charge in [-0.3, -0.25) is 9.59 Å². The molecule has 1 fully saturated rings. The van der Waals surface area contributed by atoms with Gasteiger partial charge in [0.25, 0.3) is 0 Å². The van der Waals surface area contributed by atoms with Crippen LogP contribution in [0.1, 0.15) is 36.8 Å². The molecule has 2 N–H and O–H groups in total. The monoisotopic (exact) mass is 432 g/mol. The van der Waals surface area contributed by atoms with Crippen LogP contribution in [0, 0.1) is 5.82 Å². The Morgan fingerprint density at radius 2 is 2.03 bits per heavy atom. The summed E-state index contributed by atoms with van der Waals surface area (Å²) in [6.07, 6.45) is 2.73. The molecule has 2 amide bonds. The second-order valence-corrected chi connectivity index (χ2v) is 8.13. The third-order valence-electron chi connectivity index (χ3n) is 5.50. The van der Waals surface area contributed by atoms with Gasteiger partial charge in [0.1, 0.15) is 11.6 Å². The lowest BCUT2D eigenvalue weighted by atomic mass is 9.84. The van der Waals surface area contributed by atoms with Crippen LogP contribution in [0.4, 0.5) is 4.39 Å². The lowest BCUT2D eigenvalue weighted by Gasteiger charge is -2.29. The average Bonchev–Trinajstić information content (AvgIpc) is 3.10. The number of rotatable bonds is 9. The molecule has 0 aromatic heterocycles. The Labute approximate surface area is 181 Å². The summed E-state index contributed by atoms with van der Waals surface area (Å²) < 4.78 is 19.5. The van der Waals surface area contributed by atoms with Crippen molar-refractivity contribution in [2.45, 2.75) is 44.1 Å². The summed E-state index contributed by atoms with van der Waals surface area (Å²) >= 11 is 5.88. The number of halogens is 2. The highest BCUT2D eigenvalue weighted by molar-refractivity contribution is 6.30. The normalized spacial score (nSPS) is 18.2. The van der Waals surface area contributed by atoms with Crippen molar-refractivity contribution in [3.05, 3.63) is 64.4 Å². The number of hydrogen-bond acceptors (Lipinski definition) is 3. The fraction of sp³-hybridized carbons (Fsp3) is 0.391. The van der Waals surface area contributed by atoms with Crippen molar-refractivity contribution in [1.29, 1.82) is 0 Å². The van der Waals surface area contributed by atoms with Gasteiger partial charge in [-0.2, -0.15) is 0 Å². The number of carbonyl (C=O) groups is 2. The van der Waals surface area contributed by atoms with Gasteiger partial charge in [0.2, 0.25) is 11.8 Å². The molecular weight excluding hydrogens is 407 g/mol. The molecule has 3 rings (SSSR count). The second kappa shape index (κ2) is 9.94. The summed E-state index contributed by atoms with van der Waals surface area (Å²) in [4.78, 5) is 24.2. The summed E-state index contributed by atoms with van der Waals surface area (Å²) in [5.74, 6) is -0.0742. The summed E-state index contributed by atoms with van der Waals surface area (Å²) in [5.41, 5.74) is 0.982. The molecule has 0 unspecified atom stereocenters. The third kappa shape index (κ3) is 5.95. The predicted molar refractivity (Wildman–Crippen MR) is 114 cm³/mol. The number of methoxy groups -OCH3 is 1. The minimum atomic E-state index is -0.611. The molecule has 30 heavy (non-hydrogen) atoms. The van der Waals surface area contributed by atoms with Crippen molar-refractivity contribution in [1.82, 2.24) is 10.6 Å². The van der Waals surface area contributed by atoms with Crippen molar-refractivity contribution in [2.75, 3.05) is 13.7 Å². The van der Waals surface area contributed by atoms with Crippen molar-refractivity contribution in [2.24, 2.45) is 0 Å². The average molecular weight is 433 g/mol. The lowest BCUT2D eigenvalue weighted by Crippen LogP contribution is -2.44. The van der Waals surface area contributed by atoms with Gasteiger partial charge < -0.3 is 15.4 Å². The van der Waals surface area contributed by atoms with Gasteiger partial charge in [-0.1, -0.05) is 29.8 Å². The van der Waals surface area contributed by atoms with E-state index in [-0.39, 0.29) is 24.1 Å². The number of nitrogens with one attached hydrogen (secondary N) is 2. The third-order valence-corrected chi connectivity index (χ3v) is 5.76. The highest BCUT2D eigenvalue weighted by Crippen LogP contribution is 2.31. The van der Waals surface area contributed by atoms with Crippen LogP contribution >= 0.6 is 11.6 Å². The van der Waals surface area contributed by atoms with Crippen molar-refractivity contribution < 1.29 is 18.7 Å². The maximum atomic E-state index is 14.4. The van der Waals surface area contributed by atoms with E-state index in [0.717, 1.165) is 5.56 Å². The Morgan fingerprint density at radius 3 is 2.67 bits per heavy atom. The van der Waals surface area contributed by atoms with Gasteiger partial charge in [-0.25, -0.2) is 4.39 Å². The van der Waals surface area contributed by atoms with Gasteiger partial charge >= 0.3 is 0 Å². The second-order valence-electron chi connectivity index (χ2n) is 7.69. The molecule has 5 nitrogen and oxygen atoms in total. The van der Waals surface area contributed by atoms with Crippen LogP contribution < -0.4 is 15.4 Å². The van der Waals surface area contributed by atoms with Gasteiger partial charge in [0.05, 0.1) is 7.11 Å². The highest BCUT2D eigenvalue weighted by Gasteiger charge is 2.38. The summed E-state index contributed by atoms with van der Waals surface area (Å²) in [7, 11) is 1.48. The molecule has 0 bridgehead atoms. The van der Waals surface area contributed by atoms with Crippen LogP contribution in [0.5, 0.6) is 5.75 Å². The molecule has 0 spiro atoms. The minimum absolute atomic E-state index is 0.0629. The molecular formula is C23H26ClFN2O3. The molecule has 0 radical (unpaired) electrons. The number of hydrogen-bond donors (Lipinski definition) is 2. The van der Waals surface area contributed by atoms with E-state index in [4.69, 9.17) is 16.3 Å². The molecule has 1 atom stereocenters. The fourth-order valence-corrected chi connectivity index (χ4v) is 3.91. The van der Waals surface area contributed by atoms with E-state index < -0.39 is 5.54 Å². The van der Waals surface area contributed by atoms with Crippen LogP contribution in [0.15, 0.2) is 42.5 Å². The van der Waals surface area contributed by atoms with Crippen molar-refractivity contribution >= 4 is 23.4 Å². The Balaban J connectivity index is 1.55. The Kier molecular flexibility index (Phi) is 7.32. The van der Waals surface area contributed by atoms with E-state index in [0.29, 0.717) is 55.0 Å². The van der Waals surface area contributed by atoms with Crippen LogP contribution in [-0.4, -0.2) is 31.0 Å². The van der Waals surface area contributed by atoms with Crippen LogP contribution in [-0.2, 0) is 22.4 Å². The largest absolute Gasteiger partial charge is 0.497 e. The first-order chi connectivity index (χ1) is 14.4. The fourth-order valence-electron chi connectivity index (χ4n) is 3.78. The Hall–Kier alpha value is -2.60. The van der Waals surface area contributed by atoms with Gasteiger partial charge in [0.15, 0.2) is 0 Å². The molecule has 1 saturated heterocycles. The topological polar surface area (TPSA) is 67.4 Å². The number of ether oxygens (including phenoxy) is 1. The predicted octanol–water partition coefficient (Wildman–Crippen LogP) is 3.82. The van der Waals surface area contributed by atoms with E-state index in [1.165, 1.54) is 13.2 Å². The zero-order valence-electron chi connectivity index (χ0n) is 17.0. The number of carbonyl (C=O) groups excluding carboxylic acids is 2. The zero-order valence-corrected chi connectivity index (χ0v) is 17.7. The first kappa shape index (κ1) is 22.1. The molecule has 7 heteroatoms. The first-order valence-electron chi connectivity index (χ1n) is 10.0. The maximum absolute atomic E-state index is 14.4. The molecule has 2 aromatic rings. The van der Waals surface area contributed by atoms with Crippen LogP contribution in [0.3, 0.4) is 0 Å². The Morgan fingerprint density at radius 1 is 1.27 bits per heavy atom. The van der Waals surface area contributed by atoms with E-state index >= 15 is 0 Å². The van der Waals surface area contributed by atoms with E-state index in [1.54, 1.807) is 12.1 Å². The van der Waals surface area contributed by atoms with Gasteiger partial charge in [0, 0.05) is 36.0 Å². The SMILES string of the molecule is COc1ccc(C[C@@]2(CCC(=O)NCCc3ccc(Cl)cc3)CCC(=O)N2)c(F)c1. The number of benzene rings is 2. The highest BCUT2D eigenvalue weighted by atomic mass is 35.5. The molecule has 1 heterocycles. The lowest BCUT2D eigenvalue weighted by molar-refractivity contribution is -0.122. The molecule has 0 aliphatic carbocycles. The Bertz CT molecular complexity index is 904. The number of amides is 2. The first-order valence-corrected chi connectivity index (χ1v) is 10.4. The van der Waals surface area contributed by atoms with Gasteiger partial charge in [-0.15, -0.1) is 0 Å². The molecule has 2 aromatic carbocycles.